The Morgan fingerprint density at radius 1 is 0.882 bits per heavy atom. The Morgan fingerprint density at radius 2 is 1.53 bits per heavy atom. The SMILES string of the molecule is CCCCCCCCCCCC[C@@H](OCOC)[C@H]1CC[C@H](C(O)CCC[C@@H]2COC(C)(C)O2)O1. The van der Waals surface area contributed by atoms with Crippen molar-refractivity contribution in [3.8, 4) is 0 Å². The molecule has 0 bridgehead atoms. The Bertz CT molecular complexity index is 499. The van der Waals surface area contributed by atoms with Crippen LogP contribution in [0.25, 0.3) is 0 Å². The van der Waals surface area contributed by atoms with Crippen LogP contribution in [-0.4, -0.2) is 61.9 Å². The van der Waals surface area contributed by atoms with E-state index >= 15 is 0 Å². The van der Waals surface area contributed by atoms with Crippen molar-refractivity contribution in [2.75, 3.05) is 20.5 Å². The number of hydrogen-bond donors (Lipinski definition) is 1. The lowest BCUT2D eigenvalue weighted by Crippen LogP contribution is -2.33. The van der Waals surface area contributed by atoms with Crippen LogP contribution < -0.4 is 0 Å². The van der Waals surface area contributed by atoms with Gasteiger partial charge >= 0.3 is 0 Å². The maximum Gasteiger partial charge on any atom is 0.163 e. The lowest BCUT2D eigenvalue weighted by molar-refractivity contribution is -0.141. The largest absolute Gasteiger partial charge is 0.390 e. The molecule has 2 aliphatic heterocycles. The molecule has 0 radical (unpaired) electrons. The molecule has 2 aliphatic rings. The fourth-order valence-electron chi connectivity index (χ4n) is 5.26. The second kappa shape index (κ2) is 17.3. The molecule has 0 aliphatic carbocycles. The van der Waals surface area contributed by atoms with Crippen LogP contribution in [0.4, 0.5) is 0 Å². The van der Waals surface area contributed by atoms with Crippen LogP contribution in [0.5, 0.6) is 0 Å². The number of hydrogen-bond acceptors (Lipinski definition) is 6. The molecule has 6 nitrogen and oxygen atoms in total. The zero-order valence-corrected chi connectivity index (χ0v) is 22.6. The molecular weight excluding hydrogens is 432 g/mol. The van der Waals surface area contributed by atoms with Crippen LogP contribution in [0, 0.1) is 0 Å². The highest BCUT2D eigenvalue weighted by atomic mass is 16.7. The van der Waals surface area contributed by atoms with Gasteiger partial charge in [-0.05, 0) is 52.4 Å². The lowest BCUT2D eigenvalue weighted by Gasteiger charge is -2.25. The molecule has 1 N–H and O–H groups in total. The van der Waals surface area contributed by atoms with Crippen LogP contribution in [-0.2, 0) is 23.7 Å². The van der Waals surface area contributed by atoms with Crippen molar-refractivity contribution in [1.82, 2.24) is 0 Å². The average Bonchev–Trinajstić information content (AvgIpc) is 3.43. The first-order valence-electron chi connectivity index (χ1n) is 14.2. The number of rotatable bonds is 20. The molecule has 202 valence electrons. The summed E-state index contributed by atoms with van der Waals surface area (Å²) < 4.78 is 29.0. The van der Waals surface area contributed by atoms with Gasteiger partial charge in [-0.15, -0.1) is 0 Å². The van der Waals surface area contributed by atoms with Gasteiger partial charge in [-0.1, -0.05) is 71.1 Å². The molecule has 0 aromatic carbocycles. The van der Waals surface area contributed by atoms with Crippen molar-refractivity contribution < 1.29 is 28.8 Å². The zero-order chi connectivity index (χ0) is 24.7. The molecular formula is C28H54O6. The van der Waals surface area contributed by atoms with Crippen molar-refractivity contribution in [3.63, 3.8) is 0 Å². The first kappa shape index (κ1) is 30.0. The van der Waals surface area contributed by atoms with Gasteiger partial charge in [-0.3, -0.25) is 0 Å². The van der Waals surface area contributed by atoms with Gasteiger partial charge in [0.2, 0.25) is 0 Å². The summed E-state index contributed by atoms with van der Waals surface area (Å²) in [7, 11) is 1.67. The summed E-state index contributed by atoms with van der Waals surface area (Å²) in [6.07, 6.45) is 18.5. The molecule has 2 saturated heterocycles. The van der Waals surface area contributed by atoms with Crippen LogP contribution in [0.15, 0.2) is 0 Å². The summed E-state index contributed by atoms with van der Waals surface area (Å²) >= 11 is 0. The van der Waals surface area contributed by atoms with Crippen LogP contribution in [0.1, 0.15) is 124 Å². The van der Waals surface area contributed by atoms with Crippen molar-refractivity contribution in [3.05, 3.63) is 0 Å². The van der Waals surface area contributed by atoms with E-state index in [1.165, 1.54) is 57.8 Å². The maximum atomic E-state index is 10.7. The minimum atomic E-state index is -0.476. The average molecular weight is 487 g/mol. The van der Waals surface area contributed by atoms with Gasteiger partial charge in [0.05, 0.1) is 37.1 Å². The lowest BCUT2D eigenvalue weighted by atomic mass is 10.00. The van der Waals surface area contributed by atoms with Crippen molar-refractivity contribution in [1.29, 1.82) is 0 Å². The van der Waals surface area contributed by atoms with Gasteiger partial charge < -0.3 is 28.8 Å². The fraction of sp³-hybridized carbons (Fsp3) is 1.00. The minimum absolute atomic E-state index is 0.0532. The van der Waals surface area contributed by atoms with Crippen molar-refractivity contribution in [2.45, 2.75) is 160 Å². The molecule has 5 atom stereocenters. The molecule has 2 rings (SSSR count). The minimum Gasteiger partial charge on any atom is -0.390 e. The van der Waals surface area contributed by atoms with Gasteiger partial charge in [0.15, 0.2) is 5.79 Å². The first-order chi connectivity index (χ1) is 16.4. The number of aliphatic hydroxyl groups excluding tert-OH is 1. The molecule has 0 aromatic heterocycles. The van der Waals surface area contributed by atoms with E-state index in [4.69, 9.17) is 23.7 Å². The van der Waals surface area contributed by atoms with E-state index in [1.54, 1.807) is 7.11 Å². The third kappa shape index (κ3) is 12.1. The summed E-state index contributed by atoms with van der Waals surface area (Å²) in [5, 5.41) is 10.7. The van der Waals surface area contributed by atoms with E-state index < -0.39 is 11.9 Å². The first-order valence-corrected chi connectivity index (χ1v) is 14.2. The summed E-state index contributed by atoms with van der Waals surface area (Å²) in [5.74, 6) is -0.476. The predicted octanol–water partition coefficient (Wildman–Crippen LogP) is 6.52. The van der Waals surface area contributed by atoms with Gasteiger partial charge in [0, 0.05) is 7.11 Å². The molecule has 0 saturated carbocycles. The Balaban J connectivity index is 1.59. The number of methoxy groups -OCH3 is 1. The number of aliphatic hydroxyl groups is 1. The van der Waals surface area contributed by atoms with E-state index in [1.807, 2.05) is 13.8 Å². The standard InChI is InChI=1S/C28H54O6/c1-5-6-7-8-9-10-11-12-13-14-18-26(31-22-30-4)27-20-19-25(33-27)24(29)17-15-16-23-21-32-28(2,3)34-23/h23-27,29H,5-22H2,1-4H3/t23-,24?,25-,26-,27-/m1/s1. The highest BCUT2D eigenvalue weighted by Gasteiger charge is 2.36. The Kier molecular flexibility index (Phi) is 15.2. The molecule has 1 unspecified atom stereocenters. The van der Waals surface area contributed by atoms with E-state index in [0.717, 1.165) is 44.9 Å². The smallest absolute Gasteiger partial charge is 0.163 e. The third-order valence-electron chi connectivity index (χ3n) is 7.26. The second-order valence-corrected chi connectivity index (χ2v) is 10.8. The molecule has 6 heteroatoms. The Morgan fingerprint density at radius 3 is 2.15 bits per heavy atom. The summed E-state index contributed by atoms with van der Waals surface area (Å²) in [6, 6.07) is 0. The topological polar surface area (TPSA) is 66.4 Å². The Hall–Kier alpha value is -0.240. The summed E-state index contributed by atoms with van der Waals surface area (Å²) in [5.41, 5.74) is 0. The van der Waals surface area contributed by atoms with E-state index in [-0.39, 0.29) is 24.4 Å². The highest BCUT2D eigenvalue weighted by molar-refractivity contribution is 4.84. The predicted molar refractivity (Wildman–Crippen MR) is 136 cm³/mol. The molecule has 2 fully saturated rings. The number of ether oxygens (including phenoxy) is 5. The maximum absolute atomic E-state index is 10.7. The Labute approximate surface area is 209 Å². The molecule has 34 heavy (non-hydrogen) atoms. The van der Waals surface area contributed by atoms with Gasteiger partial charge in [0.25, 0.3) is 0 Å². The highest BCUT2D eigenvalue weighted by Crippen LogP contribution is 2.31. The quantitative estimate of drug-likeness (QED) is 0.156. The van der Waals surface area contributed by atoms with Gasteiger partial charge in [-0.25, -0.2) is 0 Å². The zero-order valence-electron chi connectivity index (χ0n) is 22.6. The van der Waals surface area contributed by atoms with Gasteiger partial charge in [0.1, 0.15) is 6.79 Å². The van der Waals surface area contributed by atoms with E-state index in [0.29, 0.717) is 13.4 Å². The summed E-state index contributed by atoms with van der Waals surface area (Å²) in [6.45, 7) is 7.11. The second-order valence-electron chi connectivity index (χ2n) is 10.8. The van der Waals surface area contributed by atoms with Crippen molar-refractivity contribution >= 4 is 0 Å². The van der Waals surface area contributed by atoms with E-state index in [2.05, 4.69) is 6.92 Å². The number of unbranched alkanes of at least 4 members (excludes halogenated alkanes) is 9. The van der Waals surface area contributed by atoms with Crippen molar-refractivity contribution in [2.24, 2.45) is 0 Å². The normalized spacial score (nSPS) is 26.2. The van der Waals surface area contributed by atoms with Crippen LogP contribution >= 0.6 is 0 Å². The fourth-order valence-corrected chi connectivity index (χ4v) is 5.26. The molecule has 2 heterocycles. The molecule has 0 aromatic rings. The molecule has 0 amide bonds. The molecule has 0 spiro atoms. The van der Waals surface area contributed by atoms with Crippen LogP contribution in [0.2, 0.25) is 0 Å². The monoisotopic (exact) mass is 486 g/mol. The third-order valence-corrected chi connectivity index (χ3v) is 7.26. The van der Waals surface area contributed by atoms with Crippen LogP contribution in [0.3, 0.4) is 0 Å². The van der Waals surface area contributed by atoms with E-state index in [9.17, 15) is 5.11 Å². The summed E-state index contributed by atoms with van der Waals surface area (Å²) in [4.78, 5) is 0. The van der Waals surface area contributed by atoms with Gasteiger partial charge in [-0.2, -0.15) is 0 Å².